The van der Waals surface area contributed by atoms with Crippen LogP contribution >= 0.6 is 22.6 Å². The molecule has 0 aromatic heterocycles. The topological polar surface area (TPSA) is 9.23 Å². The van der Waals surface area contributed by atoms with Crippen LogP contribution in [-0.4, -0.2) is 16.1 Å². The molecule has 1 aliphatic carbocycles. The fourth-order valence-electron chi connectivity index (χ4n) is 1.58. The lowest BCUT2D eigenvalue weighted by atomic mass is 10.1. The fraction of sp³-hybridized carbons (Fsp3) is 0.667. The maximum Gasteiger partial charge on any atom is 0.0915 e. The van der Waals surface area contributed by atoms with Gasteiger partial charge in [-0.2, -0.15) is 0 Å². The van der Waals surface area contributed by atoms with Gasteiger partial charge in [-0.15, -0.1) is 0 Å². The zero-order valence-electron chi connectivity index (χ0n) is 9.16. The summed E-state index contributed by atoms with van der Waals surface area (Å²) in [6.45, 7) is 6.50. The number of alkyl halides is 1. The average Bonchev–Trinajstić information content (AvgIpc) is 2.17. The first-order valence-corrected chi connectivity index (χ1v) is 6.58. The van der Waals surface area contributed by atoms with Gasteiger partial charge in [-0.25, -0.2) is 0 Å². The highest BCUT2D eigenvalue weighted by Crippen LogP contribution is 2.23. The third kappa shape index (κ3) is 3.39. The lowest BCUT2D eigenvalue weighted by molar-refractivity contribution is 0.0145. The Bertz CT molecular complexity index is 228. The van der Waals surface area contributed by atoms with E-state index in [0.717, 1.165) is 12.8 Å². The molecule has 1 nitrogen and oxygen atoms in total. The van der Waals surface area contributed by atoms with Crippen molar-refractivity contribution < 1.29 is 4.74 Å². The molecule has 0 aromatic carbocycles. The Labute approximate surface area is 101 Å². The third-order valence-corrected chi connectivity index (χ3v) is 3.61. The fourth-order valence-corrected chi connectivity index (χ4v) is 2.55. The van der Waals surface area contributed by atoms with Gasteiger partial charge in [-0.05, 0) is 19.8 Å². The molecule has 0 radical (unpaired) electrons. The second-order valence-corrected chi connectivity index (χ2v) is 5.19. The van der Waals surface area contributed by atoms with E-state index in [1.165, 1.54) is 5.57 Å². The van der Waals surface area contributed by atoms with Crippen molar-refractivity contribution in [2.75, 3.05) is 0 Å². The van der Waals surface area contributed by atoms with E-state index in [9.17, 15) is 0 Å². The third-order valence-electron chi connectivity index (χ3n) is 2.55. The van der Waals surface area contributed by atoms with Gasteiger partial charge in [0.1, 0.15) is 0 Å². The van der Waals surface area contributed by atoms with Crippen LogP contribution in [0.15, 0.2) is 23.8 Å². The van der Waals surface area contributed by atoms with Crippen LogP contribution in [0.3, 0.4) is 0 Å². The molecular weight excluding hydrogens is 287 g/mol. The van der Waals surface area contributed by atoms with Crippen molar-refractivity contribution in [2.45, 2.75) is 49.7 Å². The Morgan fingerprint density at radius 1 is 1.43 bits per heavy atom. The zero-order chi connectivity index (χ0) is 10.6. The predicted octanol–water partition coefficient (Wildman–Crippen LogP) is 3.88. The smallest absolute Gasteiger partial charge is 0.0915 e. The van der Waals surface area contributed by atoms with Gasteiger partial charge < -0.3 is 4.74 Å². The monoisotopic (exact) mass is 306 g/mol. The standard InChI is InChI=1S/C12H19IO/c1-4-10(5-2)14-12-7-6-9(3)8-11(12)13/h6-8,10-12H,4-5H2,1-3H3/t11-,12?/m0/s1. The highest BCUT2D eigenvalue weighted by Gasteiger charge is 2.20. The highest BCUT2D eigenvalue weighted by molar-refractivity contribution is 14.1. The molecular formula is C12H19IO. The minimum atomic E-state index is 0.268. The quantitative estimate of drug-likeness (QED) is 0.566. The summed E-state index contributed by atoms with van der Waals surface area (Å²) < 4.78 is 6.50. The molecule has 2 atom stereocenters. The van der Waals surface area contributed by atoms with E-state index in [-0.39, 0.29) is 6.10 Å². The molecule has 0 heterocycles. The van der Waals surface area contributed by atoms with Gasteiger partial charge in [-0.3, -0.25) is 0 Å². The average molecular weight is 306 g/mol. The van der Waals surface area contributed by atoms with E-state index in [1.54, 1.807) is 0 Å². The summed E-state index contributed by atoms with van der Waals surface area (Å²) in [6.07, 6.45) is 9.50. The lowest BCUT2D eigenvalue weighted by Gasteiger charge is -2.25. The van der Waals surface area contributed by atoms with Crippen molar-refractivity contribution in [1.29, 1.82) is 0 Å². The first-order chi connectivity index (χ1) is 6.67. The zero-order valence-corrected chi connectivity index (χ0v) is 11.3. The second-order valence-electron chi connectivity index (χ2n) is 3.75. The Morgan fingerprint density at radius 3 is 2.57 bits per heavy atom. The Hall–Kier alpha value is 0.170. The van der Waals surface area contributed by atoms with Gasteiger partial charge in [0.15, 0.2) is 0 Å². The van der Waals surface area contributed by atoms with Gasteiger partial charge in [0.05, 0.1) is 16.1 Å². The van der Waals surface area contributed by atoms with Gasteiger partial charge in [0.25, 0.3) is 0 Å². The molecule has 0 spiro atoms. The molecule has 80 valence electrons. The molecule has 1 aliphatic rings. The highest BCUT2D eigenvalue weighted by atomic mass is 127. The summed E-state index contributed by atoms with van der Waals surface area (Å²) >= 11 is 2.45. The van der Waals surface area contributed by atoms with Crippen LogP contribution in [0, 0.1) is 0 Å². The van der Waals surface area contributed by atoms with Gasteiger partial charge >= 0.3 is 0 Å². The molecule has 1 unspecified atom stereocenters. The van der Waals surface area contributed by atoms with Crippen LogP contribution in [-0.2, 0) is 4.74 Å². The van der Waals surface area contributed by atoms with E-state index in [4.69, 9.17) is 4.74 Å². The molecule has 2 heteroatoms. The predicted molar refractivity (Wildman–Crippen MR) is 69.9 cm³/mol. The minimum absolute atomic E-state index is 0.268. The number of ether oxygens (including phenoxy) is 1. The molecule has 0 amide bonds. The normalized spacial score (nSPS) is 26.8. The summed E-state index contributed by atoms with van der Waals surface area (Å²) in [5.74, 6) is 0. The van der Waals surface area contributed by atoms with Crippen LogP contribution < -0.4 is 0 Å². The number of allylic oxidation sites excluding steroid dienone is 2. The molecule has 14 heavy (non-hydrogen) atoms. The summed E-state index contributed by atoms with van der Waals surface area (Å²) in [5, 5.41) is 0. The molecule has 0 N–H and O–H groups in total. The molecule has 0 aliphatic heterocycles. The Balaban J connectivity index is 2.51. The van der Waals surface area contributed by atoms with Crippen molar-refractivity contribution in [3.05, 3.63) is 23.8 Å². The van der Waals surface area contributed by atoms with Crippen molar-refractivity contribution in [3.8, 4) is 0 Å². The molecule has 0 saturated heterocycles. The molecule has 0 saturated carbocycles. The largest absolute Gasteiger partial charge is 0.370 e. The lowest BCUT2D eigenvalue weighted by Crippen LogP contribution is -2.27. The van der Waals surface area contributed by atoms with Crippen molar-refractivity contribution in [1.82, 2.24) is 0 Å². The van der Waals surface area contributed by atoms with Crippen LogP contribution in [0.1, 0.15) is 33.6 Å². The second kappa shape index (κ2) is 5.91. The van der Waals surface area contributed by atoms with Gasteiger partial charge in [0, 0.05) is 0 Å². The Kier molecular flexibility index (Phi) is 5.17. The van der Waals surface area contributed by atoms with Gasteiger partial charge in [-0.1, -0.05) is 60.2 Å². The van der Waals surface area contributed by atoms with E-state index in [0.29, 0.717) is 10.0 Å². The summed E-state index contributed by atoms with van der Waals surface area (Å²) in [6, 6.07) is 0. The van der Waals surface area contributed by atoms with Crippen molar-refractivity contribution in [2.24, 2.45) is 0 Å². The first kappa shape index (κ1) is 12.2. The molecule has 0 aromatic rings. The van der Waals surface area contributed by atoms with Crippen molar-refractivity contribution in [3.63, 3.8) is 0 Å². The maximum atomic E-state index is 6.01. The number of hydrogen-bond donors (Lipinski definition) is 0. The van der Waals surface area contributed by atoms with Crippen molar-refractivity contribution >= 4 is 22.6 Å². The van der Waals surface area contributed by atoms with Crippen LogP contribution in [0.25, 0.3) is 0 Å². The number of halogens is 1. The van der Waals surface area contributed by atoms with Gasteiger partial charge in [0.2, 0.25) is 0 Å². The van der Waals surface area contributed by atoms with Crippen LogP contribution in [0.2, 0.25) is 0 Å². The van der Waals surface area contributed by atoms with E-state index in [1.807, 2.05) is 0 Å². The number of hydrogen-bond acceptors (Lipinski definition) is 1. The summed E-state index contributed by atoms with van der Waals surface area (Å²) in [5.41, 5.74) is 1.34. The van der Waals surface area contributed by atoms with E-state index in [2.05, 4.69) is 61.6 Å². The minimum Gasteiger partial charge on any atom is -0.370 e. The van der Waals surface area contributed by atoms with E-state index < -0.39 is 0 Å². The van der Waals surface area contributed by atoms with Crippen LogP contribution in [0.4, 0.5) is 0 Å². The summed E-state index contributed by atoms with van der Waals surface area (Å²) in [7, 11) is 0. The summed E-state index contributed by atoms with van der Waals surface area (Å²) in [4.78, 5) is 0. The first-order valence-electron chi connectivity index (χ1n) is 5.33. The molecule has 0 fully saturated rings. The number of rotatable bonds is 4. The van der Waals surface area contributed by atoms with Crippen LogP contribution in [0.5, 0.6) is 0 Å². The SMILES string of the molecule is CCC(CC)OC1C=CC(C)=C[C@@H]1I. The molecule has 0 bridgehead atoms. The maximum absolute atomic E-state index is 6.01. The Morgan fingerprint density at radius 2 is 2.07 bits per heavy atom. The molecule has 1 rings (SSSR count). The van der Waals surface area contributed by atoms with E-state index >= 15 is 0 Å².